The molecule has 16 heavy (non-hydrogen) atoms. The number of aliphatic hydroxyl groups excluding tert-OH is 1. The molecule has 0 heterocycles. The summed E-state index contributed by atoms with van der Waals surface area (Å²) in [4.78, 5) is 1.89. The van der Waals surface area contributed by atoms with Crippen molar-refractivity contribution < 1.29 is 9.50 Å². The van der Waals surface area contributed by atoms with Crippen molar-refractivity contribution in [2.75, 3.05) is 32.1 Å². The lowest BCUT2D eigenvalue weighted by Gasteiger charge is -2.30. The lowest BCUT2D eigenvalue weighted by molar-refractivity contribution is 0.210. The minimum atomic E-state index is -0.609. The molecule has 1 aromatic carbocycles. The number of hydrogen-bond acceptors (Lipinski definition) is 3. The van der Waals surface area contributed by atoms with E-state index in [9.17, 15) is 9.50 Å². The van der Waals surface area contributed by atoms with E-state index < -0.39 is 5.41 Å². The molecule has 1 aromatic rings. The van der Waals surface area contributed by atoms with Crippen LogP contribution in [0.1, 0.15) is 12.5 Å². The Morgan fingerprint density at radius 1 is 1.44 bits per heavy atom. The van der Waals surface area contributed by atoms with E-state index in [4.69, 9.17) is 5.73 Å². The Morgan fingerprint density at radius 2 is 2.06 bits per heavy atom. The topological polar surface area (TPSA) is 49.5 Å². The van der Waals surface area contributed by atoms with E-state index in [1.807, 2.05) is 25.9 Å². The Morgan fingerprint density at radius 3 is 2.50 bits per heavy atom. The largest absolute Gasteiger partial charge is 0.395 e. The van der Waals surface area contributed by atoms with Crippen LogP contribution >= 0.6 is 0 Å². The predicted octanol–water partition coefficient (Wildman–Crippen LogP) is 1.10. The van der Waals surface area contributed by atoms with Gasteiger partial charge >= 0.3 is 0 Å². The van der Waals surface area contributed by atoms with Crippen LogP contribution in [0.25, 0.3) is 0 Å². The minimum absolute atomic E-state index is 0.103. The van der Waals surface area contributed by atoms with Crippen molar-refractivity contribution in [3.05, 3.63) is 29.6 Å². The van der Waals surface area contributed by atoms with Gasteiger partial charge in [-0.3, -0.25) is 0 Å². The molecular weight excluding hydrogens is 207 g/mol. The Labute approximate surface area is 95.7 Å². The fraction of sp³-hybridized carbons (Fsp3) is 0.500. The minimum Gasteiger partial charge on any atom is -0.395 e. The molecule has 1 rings (SSSR count). The van der Waals surface area contributed by atoms with Crippen molar-refractivity contribution in [3.63, 3.8) is 0 Å². The van der Waals surface area contributed by atoms with Gasteiger partial charge in [-0.1, -0.05) is 6.92 Å². The molecule has 3 nitrogen and oxygen atoms in total. The molecule has 0 aliphatic carbocycles. The Hall–Kier alpha value is -1.13. The standard InChI is InChI=1S/C12H19FN2O/c1-12(7-14,8-16)10-6-9(13)4-5-11(10)15(2)3/h4-6,16H,7-8,14H2,1-3H3. The summed E-state index contributed by atoms with van der Waals surface area (Å²) < 4.78 is 13.3. The average Bonchev–Trinajstić information content (AvgIpc) is 2.27. The van der Waals surface area contributed by atoms with Gasteiger partial charge in [0.25, 0.3) is 0 Å². The van der Waals surface area contributed by atoms with E-state index in [0.717, 1.165) is 11.3 Å². The average molecular weight is 226 g/mol. The van der Waals surface area contributed by atoms with Gasteiger partial charge in [-0.2, -0.15) is 0 Å². The molecule has 3 N–H and O–H groups in total. The molecular formula is C12H19FN2O. The summed E-state index contributed by atoms with van der Waals surface area (Å²) >= 11 is 0. The first kappa shape index (κ1) is 12.9. The van der Waals surface area contributed by atoms with Gasteiger partial charge in [0.05, 0.1) is 6.61 Å². The first-order valence-electron chi connectivity index (χ1n) is 5.23. The number of nitrogens with zero attached hydrogens (tertiary/aromatic N) is 1. The fourth-order valence-corrected chi connectivity index (χ4v) is 1.64. The van der Waals surface area contributed by atoms with Gasteiger partial charge in [0.15, 0.2) is 0 Å². The van der Waals surface area contributed by atoms with E-state index in [1.165, 1.54) is 12.1 Å². The number of aliphatic hydroxyl groups is 1. The van der Waals surface area contributed by atoms with Gasteiger partial charge in [0.2, 0.25) is 0 Å². The van der Waals surface area contributed by atoms with Crippen molar-refractivity contribution in [2.45, 2.75) is 12.3 Å². The quantitative estimate of drug-likeness (QED) is 0.808. The molecule has 0 saturated heterocycles. The van der Waals surface area contributed by atoms with Gasteiger partial charge in [-0.05, 0) is 23.8 Å². The van der Waals surface area contributed by atoms with E-state index in [1.54, 1.807) is 6.07 Å². The van der Waals surface area contributed by atoms with Crippen LogP contribution in [0.3, 0.4) is 0 Å². The second kappa shape index (κ2) is 4.80. The van der Waals surface area contributed by atoms with Crippen molar-refractivity contribution in [3.8, 4) is 0 Å². The summed E-state index contributed by atoms with van der Waals surface area (Å²) in [7, 11) is 3.76. The number of anilines is 1. The summed E-state index contributed by atoms with van der Waals surface area (Å²) in [6, 6.07) is 4.56. The summed E-state index contributed by atoms with van der Waals surface area (Å²) in [5.74, 6) is -0.311. The molecule has 1 unspecified atom stereocenters. The lowest BCUT2D eigenvalue weighted by atomic mass is 9.82. The fourth-order valence-electron chi connectivity index (χ4n) is 1.64. The highest BCUT2D eigenvalue weighted by molar-refractivity contribution is 5.56. The maximum Gasteiger partial charge on any atom is 0.123 e. The SMILES string of the molecule is CN(C)c1ccc(F)cc1C(C)(CN)CO. The van der Waals surface area contributed by atoms with Crippen LogP contribution in [0.15, 0.2) is 18.2 Å². The van der Waals surface area contributed by atoms with Crippen molar-refractivity contribution in [1.29, 1.82) is 0 Å². The third-order valence-electron chi connectivity index (χ3n) is 2.89. The molecule has 0 aliphatic heterocycles. The third-order valence-corrected chi connectivity index (χ3v) is 2.89. The Balaban J connectivity index is 3.34. The highest BCUT2D eigenvalue weighted by Crippen LogP contribution is 2.31. The maximum absolute atomic E-state index is 13.3. The second-order valence-corrected chi connectivity index (χ2v) is 4.48. The Kier molecular flexibility index (Phi) is 3.88. The zero-order valence-corrected chi connectivity index (χ0v) is 10.00. The van der Waals surface area contributed by atoms with Gasteiger partial charge in [0, 0.05) is 31.7 Å². The molecule has 0 bridgehead atoms. The number of halogens is 1. The maximum atomic E-state index is 13.3. The third kappa shape index (κ3) is 2.33. The van der Waals surface area contributed by atoms with Gasteiger partial charge in [0.1, 0.15) is 5.82 Å². The molecule has 4 heteroatoms. The molecule has 0 radical (unpaired) electrons. The van der Waals surface area contributed by atoms with Gasteiger partial charge in [-0.15, -0.1) is 0 Å². The number of benzene rings is 1. The van der Waals surface area contributed by atoms with Crippen molar-refractivity contribution in [1.82, 2.24) is 0 Å². The molecule has 0 aliphatic rings. The van der Waals surface area contributed by atoms with E-state index in [2.05, 4.69) is 0 Å². The highest BCUT2D eigenvalue weighted by Gasteiger charge is 2.28. The summed E-state index contributed by atoms with van der Waals surface area (Å²) in [5.41, 5.74) is 6.67. The number of nitrogens with two attached hydrogens (primary N) is 1. The molecule has 90 valence electrons. The normalized spacial score (nSPS) is 14.6. The van der Waals surface area contributed by atoms with Crippen LogP contribution in [-0.2, 0) is 5.41 Å². The number of hydrogen-bond donors (Lipinski definition) is 2. The molecule has 0 fully saturated rings. The van der Waals surface area contributed by atoms with E-state index in [-0.39, 0.29) is 19.0 Å². The predicted molar refractivity (Wildman–Crippen MR) is 64.2 cm³/mol. The second-order valence-electron chi connectivity index (χ2n) is 4.48. The molecule has 0 aromatic heterocycles. The summed E-state index contributed by atoms with van der Waals surface area (Å²) in [6.07, 6.45) is 0. The van der Waals surface area contributed by atoms with Crippen LogP contribution in [0, 0.1) is 5.82 Å². The zero-order chi connectivity index (χ0) is 12.3. The summed E-state index contributed by atoms with van der Waals surface area (Å²) in [6.45, 7) is 2.00. The Bertz CT molecular complexity index is 362. The van der Waals surface area contributed by atoms with Crippen LogP contribution in [-0.4, -0.2) is 32.4 Å². The van der Waals surface area contributed by atoms with Crippen LogP contribution in [0.5, 0.6) is 0 Å². The van der Waals surface area contributed by atoms with Crippen molar-refractivity contribution >= 4 is 5.69 Å². The van der Waals surface area contributed by atoms with Crippen molar-refractivity contribution in [2.24, 2.45) is 5.73 Å². The monoisotopic (exact) mass is 226 g/mol. The first-order valence-corrected chi connectivity index (χ1v) is 5.23. The molecule has 0 amide bonds. The zero-order valence-electron chi connectivity index (χ0n) is 10.00. The number of rotatable bonds is 4. The first-order chi connectivity index (χ1) is 7.44. The van der Waals surface area contributed by atoms with E-state index >= 15 is 0 Å². The van der Waals surface area contributed by atoms with E-state index in [0.29, 0.717) is 0 Å². The molecule has 0 spiro atoms. The van der Waals surface area contributed by atoms with Gasteiger partial charge in [-0.25, -0.2) is 4.39 Å². The molecule has 1 atom stereocenters. The summed E-state index contributed by atoms with van der Waals surface area (Å²) in [5, 5.41) is 9.41. The lowest BCUT2D eigenvalue weighted by Crippen LogP contribution is -2.37. The van der Waals surface area contributed by atoms with Gasteiger partial charge < -0.3 is 15.7 Å². The van der Waals surface area contributed by atoms with Crippen LogP contribution in [0.4, 0.5) is 10.1 Å². The van der Waals surface area contributed by atoms with Crippen LogP contribution < -0.4 is 10.6 Å². The smallest absolute Gasteiger partial charge is 0.123 e. The van der Waals surface area contributed by atoms with Crippen LogP contribution in [0.2, 0.25) is 0 Å². The highest BCUT2D eigenvalue weighted by atomic mass is 19.1. The molecule has 0 saturated carbocycles.